The highest BCUT2D eigenvalue weighted by atomic mass is 32.1. The largest absolute Gasteiger partial charge is 0.353 e. The number of piperazine rings is 1. The normalized spacial score (nSPS) is 22.2. The summed E-state index contributed by atoms with van der Waals surface area (Å²) in [5.74, 6) is 0.369. The fraction of sp³-hybridized carbons (Fsp3) is 0.385. The predicted octanol–water partition coefficient (Wildman–Crippen LogP) is 4.46. The van der Waals surface area contributed by atoms with Crippen molar-refractivity contribution >= 4 is 33.2 Å². The highest BCUT2D eigenvalue weighted by molar-refractivity contribution is 7.17. The first-order valence-electron chi connectivity index (χ1n) is 11.5. The Balaban J connectivity index is 1.20. The van der Waals surface area contributed by atoms with E-state index in [2.05, 4.69) is 59.3 Å². The van der Waals surface area contributed by atoms with E-state index in [0.717, 1.165) is 12.8 Å². The van der Waals surface area contributed by atoms with Crippen molar-refractivity contribution in [2.24, 2.45) is 0 Å². The molecule has 0 spiro atoms. The molecule has 5 nitrogen and oxygen atoms in total. The van der Waals surface area contributed by atoms with E-state index < -0.39 is 0 Å². The molecule has 3 atom stereocenters. The van der Waals surface area contributed by atoms with Crippen molar-refractivity contribution in [1.82, 2.24) is 15.5 Å². The number of nitrogens with zero attached hydrogens (tertiary/aromatic N) is 1. The Hall–Kier alpha value is -2.70. The third kappa shape index (κ3) is 4.30. The molecule has 5 rings (SSSR count). The molecule has 6 heteroatoms. The molecule has 166 valence electrons. The average molecular weight is 448 g/mol. The summed E-state index contributed by atoms with van der Waals surface area (Å²) in [5.41, 5.74) is 3.35. The molecule has 0 radical (unpaired) electrons. The molecule has 2 amide bonds. The van der Waals surface area contributed by atoms with Crippen molar-refractivity contribution < 1.29 is 9.59 Å². The number of carbonyl (C=O) groups excluding carboxylic acids is 2. The lowest BCUT2D eigenvalue weighted by Gasteiger charge is -2.26. The summed E-state index contributed by atoms with van der Waals surface area (Å²) in [6, 6.07) is 17.5. The minimum absolute atomic E-state index is 0.0609. The van der Waals surface area contributed by atoms with E-state index in [9.17, 15) is 9.59 Å². The maximum atomic E-state index is 12.7. The molecule has 1 saturated heterocycles. The molecule has 1 aliphatic carbocycles. The van der Waals surface area contributed by atoms with Gasteiger partial charge in [0.05, 0.1) is 6.54 Å². The van der Waals surface area contributed by atoms with Crippen LogP contribution in [-0.4, -0.2) is 42.4 Å². The Bertz CT molecular complexity index is 1120. The standard InChI is InChI=1S/C26H29N3O2S/c1-17(23-16-32-24-5-3-2-4-22(23)24)28-21-11-10-20(14-21)18-6-8-19(9-7-18)26(31)29-13-12-27-25(30)15-29/h2-9,16-17,20-21,28H,10-15H2,1H3,(H,27,30)/t17-,20?,21+/m1/s1. The van der Waals surface area contributed by atoms with Gasteiger partial charge in [-0.05, 0) is 72.2 Å². The first-order valence-corrected chi connectivity index (χ1v) is 12.3. The van der Waals surface area contributed by atoms with Crippen LogP contribution < -0.4 is 10.6 Å². The lowest BCUT2D eigenvalue weighted by Crippen LogP contribution is -2.49. The van der Waals surface area contributed by atoms with Crippen molar-refractivity contribution in [1.29, 1.82) is 0 Å². The molecule has 1 saturated carbocycles. The molecule has 2 aliphatic rings. The van der Waals surface area contributed by atoms with Gasteiger partial charge in [-0.1, -0.05) is 30.3 Å². The second-order valence-corrected chi connectivity index (χ2v) is 9.89. The SMILES string of the molecule is C[C@@H](N[C@H]1CCC(c2ccc(C(=O)N3CCNC(=O)C3)cc2)C1)c1csc2ccccc12. The predicted molar refractivity (Wildman–Crippen MR) is 129 cm³/mol. The van der Waals surface area contributed by atoms with Gasteiger partial charge in [-0.3, -0.25) is 9.59 Å². The van der Waals surface area contributed by atoms with Crippen molar-refractivity contribution in [2.75, 3.05) is 19.6 Å². The smallest absolute Gasteiger partial charge is 0.254 e. The fourth-order valence-corrected chi connectivity index (χ4v) is 6.16. The molecule has 1 aromatic heterocycles. The number of thiophene rings is 1. The maximum Gasteiger partial charge on any atom is 0.254 e. The quantitative estimate of drug-likeness (QED) is 0.607. The van der Waals surface area contributed by atoms with Crippen LogP contribution in [-0.2, 0) is 4.79 Å². The number of hydrogen-bond acceptors (Lipinski definition) is 4. The zero-order chi connectivity index (χ0) is 22.1. The Morgan fingerprint density at radius 1 is 1.16 bits per heavy atom. The summed E-state index contributed by atoms with van der Waals surface area (Å²) < 4.78 is 1.35. The molecular weight excluding hydrogens is 418 g/mol. The average Bonchev–Trinajstić information content (AvgIpc) is 3.46. The van der Waals surface area contributed by atoms with E-state index in [1.165, 1.54) is 27.6 Å². The van der Waals surface area contributed by atoms with Crippen LogP contribution in [0.1, 0.15) is 59.6 Å². The second-order valence-electron chi connectivity index (χ2n) is 8.98. The lowest BCUT2D eigenvalue weighted by atomic mass is 9.96. The molecule has 2 heterocycles. The van der Waals surface area contributed by atoms with Gasteiger partial charge in [0, 0.05) is 35.4 Å². The van der Waals surface area contributed by atoms with E-state index in [4.69, 9.17) is 0 Å². The van der Waals surface area contributed by atoms with Crippen LogP contribution in [0.4, 0.5) is 0 Å². The van der Waals surface area contributed by atoms with Gasteiger partial charge in [-0.15, -0.1) is 11.3 Å². The van der Waals surface area contributed by atoms with Gasteiger partial charge in [0.15, 0.2) is 0 Å². The zero-order valence-corrected chi connectivity index (χ0v) is 19.2. The van der Waals surface area contributed by atoms with Crippen molar-refractivity contribution in [3.05, 3.63) is 70.6 Å². The number of amides is 2. The van der Waals surface area contributed by atoms with Crippen LogP contribution >= 0.6 is 11.3 Å². The number of hydrogen-bond donors (Lipinski definition) is 2. The Labute approximate surface area is 192 Å². The molecule has 2 N–H and O–H groups in total. The van der Waals surface area contributed by atoms with E-state index in [1.54, 1.807) is 4.90 Å². The molecular formula is C26H29N3O2S. The summed E-state index contributed by atoms with van der Waals surface area (Å²) in [4.78, 5) is 25.9. The monoisotopic (exact) mass is 447 g/mol. The molecule has 3 aromatic rings. The van der Waals surface area contributed by atoms with Gasteiger partial charge in [-0.25, -0.2) is 0 Å². The van der Waals surface area contributed by atoms with Crippen molar-refractivity contribution in [2.45, 2.75) is 44.2 Å². The van der Waals surface area contributed by atoms with Gasteiger partial charge in [-0.2, -0.15) is 0 Å². The first kappa shape index (κ1) is 21.2. The van der Waals surface area contributed by atoms with Crippen LogP contribution in [0.15, 0.2) is 53.9 Å². The Morgan fingerprint density at radius 2 is 1.97 bits per heavy atom. The van der Waals surface area contributed by atoms with E-state index >= 15 is 0 Å². The highest BCUT2D eigenvalue weighted by Gasteiger charge is 2.28. The molecule has 2 aromatic carbocycles. The third-order valence-corrected chi connectivity index (χ3v) is 7.83. The molecule has 2 fully saturated rings. The van der Waals surface area contributed by atoms with Gasteiger partial charge in [0.2, 0.25) is 5.91 Å². The Kier molecular flexibility index (Phi) is 5.98. The molecule has 1 aliphatic heterocycles. The summed E-state index contributed by atoms with van der Waals surface area (Å²) in [6.45, 7) is 3.51. The zero-order valence-electron chi connectivity index (χ0n) is 18.3. The lowest BCUT2D eigenvalue weighted by molar-refractivity contribution is -0.123. The minimum atomic E-state index is -0.0876. The minimum Gasteiger partial charge on any atom is -0.353 e. The Morgan fingerprint density at radius 3 is 2.78 bits per heavy atom. The molecule has 0 bridgehead atoms. The van der Waals surface area contributed by atoms with Gasteiger partial charge in [0.1, 0.15) is 0 Å². The van der Waals surface area contributed by atoms with Crippen molar-refractivity contribution in [3.63, 3.8) is 0 Å². The number of fused-ring (bicyclic) bond motifs is 1. The number of rotatable bonds is 5. The fourth-order valence-electron chi connectivity index (χ4n) is 5.11. The molecule has 1 unspecified atom stereocenters. The summed E-state index contributed by atoms with van der Waals surface area (Å²) >= 11 is 1.82. The van der Waals surface area contributed by atoms with Gasteiger partial charge in [0.25, 0.3) is 5.91 Å². The first-order chi connectivity index (χ1) is 15.6. The maximum absolute atomic E-state index is 12.7. The van der Waals surface area contributed by atoms with E-state index in [1.807, 2.05) is 23.5 Å². The van der Waals surface area contributed by atoms with E-state index in [0.29, 0.717) is 36.7 Å². The van der Waals surface area contributed by atoms with Crippen LogP contribution in [0.5, 0.6) is 0 Å². The van der Waals surface area contributed by atoms with Crippen LogP contribution in [0.3, 0.4) is 0 Å². The van der Waals surface area contributed by atoms with Crippen LogP contribution in [0.25, 0.3) is 10.1 Å². The van der Waals surface area contributed by atoms with Crippen LogP contribution in [0, 0.1) is 0 Å². The second kappa shape index (κ2) is 9.04. The summed E-state index contributed by atoms with van der Waals surface area (Å²) in [7, 11) is 0. The third-order valence-electron chi connectivity index (χ3n) is 6.85. The number of nitrogens with one attached hydrogen (secondary N) is 2. The highest BCUT2D eigenvalue weighted by Crippen LogP contribution is 2.37. The number of benzene rings is 2. The van der Waals surface area contributed by atoms with Gasteiger partial charge >= 0.3 is 0 Å². The topological polar surface area (TPSA) is 61.4 Å². The molecule has 32 heavy (non-hydrogen) atoms. The van der Waals surface area contributed by atoms with Gasteiger partial charge < -0.3 is 15.5 Å². The summed E-state index contributed by atoms with van der Waals surface area (Å²) in [6.07, 6.45) is 3.45. The number of carbonyl (C=O) groups is 2. The van der Waals surface area contributed by atoms with E-state index in [-0.39, 0.29) is 18.4 Å². The summed E-state index contributed by atoms with van der Waals surface area (Å²) in [5, 5.41) is 10.3. The van der Waals surface area contributed by atoms with Crippen LogP contribution in [0.2, 0.25) is 0 Å². The van der Waals surface area contributed by atoms with Crippen molar-refractivity contribution in [3.8, 4) is 0 Å².